The number of likely N-dealkylation sites (tertiary alicyclic amines) is 1. The van der Waals surface area contributed by atoms with Crippen LogP contribution in [0, 0.1) is 11.3 Å². The van der Waals surface area contributed by atoms with E-state index in [1.54, 1.807) is 0 Å². The number of hydrogen-bond donors (Lipinski definition) is 2. The van der Waals surface area contributed by atoms with Gasteiger partial charge in [0.15, 0.2) is 0 Å². The zero-order chi connectivity index (χ0) is 15.1. The molecule has 2 fully saturated rings. The van der Waals surface area contributed by atoms with Crippen molar-refractivity contribution in [1.29, 1.82) is 0 Å². The van der Waals surface area contributed by atoms with Crippen LogP contribution in [0.5, 0.6) is 0 Å². The van der Waals surface area contributed by atoms with Crippen molar-refractivity contribution in [3.05, 3.63) is 0 Å². The van der Waals surface area contributed by atoms with Gasteiger partial charge in [0.05, 0.1) is 0 Å². The van der Waals surface area contributed by atoms with Gasteiger partial charge in [-0.1, -0.05) is 20.3 Å². The van der Waals surface area contributed by atoms with E-state index in [1.807, 2.05) is 0 Å². The lowest BCUT2D eigenvalue weighted by molar-refractivity contribution is -0.144. The van der Waals surface area contributed by atoms with E-state index in [4.69, 9.17) is 0 Å². The van der Waals surface area contributed by atoms with Crippen molar-refractivity contribution in [3.63, 3.8) is 0 Å². The van der Waals surface area contributed by atoms with E-state index in [1.165, 1.54) is 38.9 Å². The highest BCUT2D eigenvalue weighted by Gasteiger charge is 2.53. The average Bonchev–Trinajstić information content (AvgIpc) is 2.38. The quantitative estimate of drug-likeness (QED) is 0.609. The Morgan fingerprint density at radius 1 is 1.19 bits per heavy atom. The lowest BCUT2D eigenvalue weighted by Gasteiger charge is -2.58. The Bertz CT molecular complexity index is 328. The first-order valence-corrected chi connectivity index (χ1v) is 8.90. The molecule has 126 valence electrons. The number of unbranched alkanes of at least 4 members (excludes halogenated alkanes) is 2. The largest absolute Gasteiger partial charge is 0.356 e. The molecule has 1 aliphatic heterocycles. The van der Waals surface area contributed by atoms with Gasteiger partial charge in [0.25, 0.3) is 0 Å². The molecule has 1 spiro atoms. The summed E-state index contributed by atoms with van der Waals surface area (Å²) in [4.78, 5) is 14.6. The minimum atomic E-state index is 0. The maximum Gasteiger partial charge on any atom is 0.223 e. The van der Waals surface area contributed by atoms with E-state index < -0.39 is 0 Å². The molecule has 0 radical (unpaired) electrons. The standard InChI is InChI=1S/C17H33N3O.2H2/c1-3-10-20-13-17(14-20)11-15(12-17)16(21)19-9-7-5-6-8-18-4-2;;/h15,18H,3-14H2,1-2H3,(H,19,21);2*1H. The summed E-state index contributed by atoms with van der Waals surface area (Å²) >= 11 is 0. The summed E-state index contributed by atoms with van der Waals surface area (Å²) in [6.07, 6.45) is 7.02. The van der Waals surface area contributed by atoms with E-state index in [2.05, 4.69) is 29.4 Å². The van der Waals surface area contributed by atoms with Crippen molar-refractivity contribution < 1.29 is 7.65 Å². The van der Waals surface area contributed by atoms with Crippen LogP contribution >= 0.6 is 0 Å². The Balaban J connectivity index is 0.00000242. The summed E-state index contributed by atoms with van der Waals surface area (Å²) in [7, 11) is 0. The van der Waals surface area contributed by atoms with Crippen LogP contribution < -0.4 is 10.6 Å². The summed E-state index contributed by atoms with van der Waals surface area (Å²) < 4.78 is 0. The van der Waals surface area contributed by atoms with Crippen molar-refractivity contribution in [2.45, 2.75) is 52.4 Å². The molecule has 4 heteroatoms. The van der Waals surface area contributed by atoms with Crippen LogP contribution in [-0.2, 0) is 4.79 Å². The molecular formula is C17H37N3O. The Hall–Kier alpha value is -0.610. The van der Waals surface area contributed by atoms with Crippen molar-refractivity contribution in [2.75, 3.05) is 39.3 Å². The third kappa shape index (κ3) is 4.68. The summed E-state index contributed by atoms with van der Waals surface area (Å²) in [5, 5.41) is 6.45. The lowest BCUT2D eigenvalue weighted by Crippen LogP contribution is -2.63. The minimum absolute atomic E-state index is 0. The van der Waals surface area contributed by atoms with E-state index in [-0.39, 0.29) is 2.85 Å². The first-order chi connectivity index (χ1) is 10.2. The molecule has 1 saturated carbocycles. The second-order valence-electron chi connectivity index (χ2n) is 7.02. The zero-order valence-corrected chi connectivity index (χ0v) is 13.9. The zero-order valence-electron chi connectivity index (χ0n) is 13.9. The Labute approximate surface area is 133 Å². The topological polar surface area (TPSA) is 44.4 Å². The third-order valence-corrected chi connectivity index (χ3v) is 4.97. The van der Waals surface area contributed by atoms with Crippen LogP contribution in [0.3, 0.4) is 0 Å². The molecule has 1 amide bonds. The fourth-order valence-electron chi connectivity index (χ4n) is 3.89. The maximum absolute atomic E-state index is 12.1. The molecule has 1 heterocycles. The highest BCUT2D eigenvalue weighted by atomic mass is 16.1. The number of amides is 1. The smallest absolute Gasteiger partial charge is 0.223 e. The molecule has 0 aromatic heterocycles. The Morgan fingerprint density at radius 3 is 2.57 bits per heavy atom. The highest BCUT2D eigenvalue weighted by Crippen LogP contribution is 2.51. The molecule has 1 aliphatic carbocycles. The molecule has 1 saturated heterocycles. The van der Waals surface area contributed by atoms with Gasteiger partial charge in [0.1, 0.15) is 0 Å². The van der Waals surface area contributed by atoms with Crippen molar-refractivity contribution in [1.82, 2.24) is 15.5 Å². The van der Waals surface area contributed by atoms with Crippen LogP contribution in [0.4, 0.5) is 0 Å². The number of carbonyl (C=O) groups excluding carboxylic acids is 1. The first-order valence-electron chi connectivity index (χ1n) is 8.90. The first kappa shape index (κ1) is 16.8. The summed E-state index contributed by atoms with van der Waals surface area (Å²) in [6, 6.07) is 0. The molecule has 0 bridgehead atoms. The Morgan fingerprint density at radius 2 is 1.90 bits per heavy atom. The van der Waals surface area contributed by atoms with Gasteiger partial charge in [-0.3, -0.25) is 4.79 Å². The molecule has 2 aliphatic rings. The average molecular weight is 300 g/mol. The van der Waals surface area contributed by atoms with Crippen molar-refractivity contribution in [3.8, 4) is 0 Å². The normalized spacial score (nSPS) is 21.0. The third-order valence-electron chi connectivity index (χ3n) is 4.97. The van der Waals surface area contributed by atoms with Crippen LogP contribution in [0.1, 0.15) is 55.2 Å². The number of nitrogens with zero attached hydrogens (tertiary/aromatic N) is 1. The summed E-state index contributed by atoms with van der Waals surface area (Å²) in [5.41, 5.74) is 0.517. The lowest BCUT2D eigenvalue weighted by atomic mass is 9.57. The highest BCUT2D eigenvalue weighted by molar-refractivity contribution is 5.79. The van der Waals surface area contributed by atoms with Crippen molar-refractivity contribution in [2.24, 2.45) is 11.3 Å². The van der Waals surface area contributed by atoms with Gasteiger partial charge in [-0.15, -0.1) is 0 Å². The van der Waals surface area contributed by atoms with Gasteiger partial charge in [0, 0.05) is 28.4 Å². The van der Waals surface area contributed by atoms with Crippen LogP contribution in [-0.4, -0.2) is 50.1 Å². The summed E-state index contributed by atoms with van der Waals surface area (Å²) in [5.74, 6) is 0.608. The number of hydrogen-bond acceptors (Lipinski definition) is 3. The number of rotatable bonds is 10. The van der Waals surface area contributed by atoms with Gasteiger partial charge in [0.2, 0.25) is 5.91 Å². The molecule has 0 aromatic rings. The van der Waals surface area contributed by atoms with E-state index in [9.17, 15) is 4.79 Å². The fourth-order valence-corrected chi connectivity index (χ4v) is 3.89. The monoisotopic (exact) mass is 299 g/mol. The number of carbonyl (C=O) groups is 1. The van der Waals surface area contributed by atoms with Gasteiger partial charge >= 0.3 is 0 Å². The minimum Gasteiger partial charge on any atom is -0.356 e. The molecule has 4 nitrogen and oxygen atoms in total. The number of nitrogens with one attached hydrogen (secondary N) is 2. The molecule has 0 aromatic carbocycles. The van der Waals surface area contributed by atoms with Crippen LogP contribution in [0.25, 0.3) is 0 Å². The van der Waals surface area contributed by atoms with Crippen LogP contribution in [0.15, 0.2) is 0 Å². The van der Waals surface area contributed by atoms with E-state index >= 15 is 0 Å². The van der Waals surface area contributed by atoms with Gasteiger partial charge in [-0.05, 0) is 57.2 Å². The molecular weight excluding hydrogens is 262 g/mol. The van der Waals surface area contributed by atoms with Gasteiger partial charge < -0.3 is 15.5 Å². The summed E-state index contributed by atoms with van der Waals surface area (Å²) in [6.45, 7) is 11.1. The molecule has 0 unspecified atom stereocenters. The Kier molecular flexibility index (Phi) is 6.49. The van der Waals surface area contributed by atoms with E-state index in [0.717, 1.165) is 38.9 Å². The predicted molar refractivity (Wildman–Crippen MR) is 91.5 cm³/mol. The maximum atomic E-state index is 12.1. The second kappa shape index (κ2) is 8.14. The van der Waals surface area contributed by atoms with E-state index in [0.29, 0.717) is 17.2 Å². The predicted octanol–water partition coefficient (Wildman–Crippen LogP) is 2.50. The molecule has 2 rings (SSSR count). The van der Waals surface area contributed by atoms with Crippen molar-refractivity contribution >= 4 is 5.91 Å². The fraction of sp³-hybridized carbons (Fsp3) is 0.941. The molecule has 2 N–H and O–H groups in total. The molecule has 21 heavy (non-hydrogen) atoms. The SMILES string of the molecule is CCCN1CC2(CC(C(=O)NCCCCCNCC)C2)C1.[HH].[HH]. The van der Waals surface area contributed by atoms with Crippen LogP contribution in [0.2, 0.25) is 0 Å². The van der Waals surface area contributed by atoms with Gasteiger partial charge in [-0.25, -0.2) is 0 Å². The van der Waals surface area contributed by atoms with Gasteiger partial charge in [-0.2, -0.15) is 0 Å². The second-order valence-corrected chi connectivity index (χ2v) is 7.02. The molecule has 0 atom stereocenters.